The van der Waals surface area contributed by atoms with Gasteiger partial charge in [-0.3, -0.25) is 4.79 Å². The predicted molar refractivity (Wildman–Crippen MR) is 58.8 cm³/mol. The smallest absolute Gasteiger partial charge is 0.309 e. The van der Waals surface area contributed by atoms with E-state index in [9.17, 15) is 4.79 Å². The summed E-state index contributed by atoms with van der Waals surface area (Å²) >= 11 is 1.66. The zero-order valence-corrected chi connectivity index (χ0v) is 9.65. The van der Waals surface area contributed by atoms with Crippen LogP contribution in [0.5, 0.6) is 0 Å². The van der Waals surface area contributed by atoms with Gasteiger partial charge < -0.3 is 5.11 Å². The molecule has 14 heavy (non-hydrogen) atoms. The maximum atomic E-state index is 11.0. The zero-order valence-electron chi connectivity index (χ0n) is 8.83. The van der Waals surface area contributed by atoms with Crippen LogP contribution in [0.2, 0.25) is 0 Å². The van der Waals surface area contributed by atoms with E-state index in [0.717, 1.165) is 6.42 Å². The summed E-state index contributed by atoms with van der Waals surface area (Å²) < 4.78 is 0. The van der Waals surface area contributed by atoms with Gasteiger partial charge in [0, 0.05) is 4.88 Å². The maximum absolute atomic E-state index is 11.0. The van der Waals surface area contributed by atoms with Crippen molar-refractivity contribution in [2.75, 3.05) is 0 Å². The van der Waals surface area contributed by atoms with E-state index in [1.165, 1.54) is 10.4 Å². The van der Waals surface area contributed by atoms with E-state index in [1.54, 1.807) is 25.2 Å². The largest absolute Gasteiger partial charge is 0.481 e. The number of carboxylic acids is 1. The van der Waals surface area contributed by atoms with Gasteiger partial charge in [-0.05, 0) is 43.7 Å². The topological polar surface area (TPSA) is 37.3 Å². The highest BCUT2D eigenvalue weighted by atomic mass is 32.1. The second kappa shape index (κ2) is 4.13. The highest BCUT2D eigenvalue weighted by Gasteiger charge is 2.28. The SMILES string of the molecule is CCc1ccsc1CC(C)(C)C(=O)O. The average Bonchev–Trinajstić information content (AvgIpc) is 2.50. The van der Waals surface area contributed by atoms with E-state index < -0.39 is 11.4 Å². The van der Waals surface area contributed by atoms with Gasteiger partial charge >= 0.3 is 5.97 Å². The third-order valence-electron chi connectivity index (χ3n) is 2.40. The number of rotatable bonds is 4. The first-order chi connectivity index (χ1) is 6.47. The molecule has 0 fully saturated rings. The third kappa shape index (κ3) is 2.35. The zero-order chi connectivity index (χ0) is 10.8. The Morgan fingerprint density at radius 2 is 2.21 bits per heavy atom. The molecule has 1 aromatic heterocycles. The van der Waals surface area contributed by atoms with Gasteiger partial charge in [-0.15, -0.1) is 11.3 Å². The Hall–Kier alpha value is -0.830. The molecule has 0 aliphatic rings. The number of hydrogen-bond acceptors (Lipinski definition) is 2. The summed E-state index contributed by atoms with van der Waals surface area (Å²) in [6, 6.07) is 2.08. The molecule has 1 aromatic rings. The van der Waals surface area contributed by atoms with Gasteiger partial charge in [-0.2, -0.15) is 0 Å². The highest BCUT2D eigenvalue weighted by molar-refractivity contribution is 7.10. The Balaban J connectivity index is 2.83. The fourth-order valence-corrected chi connectivity index (χ4v) is 2.52. The molecular weight excluding hydrogens is 196 g/mol. The van der Waals surface area contributed by atoms with Crippen molar-refractivity contribution in [3.05, 3.63) is 21.9 Å². The van der Waals surface area contributed by atoms with Gasteiger partial charge in [0.15, 0.2) is 0 Å². The molecule has 0 aromatic carbocycles. The molecule has 1 heterocycles. The highest BCUT2D eigenvalue weighted by Crippen LogP contribution is 2.28. The van der Waals surface area contributed by atoms with Crippen LogP contribution in [0.15, 0.2) is 11.4 Å². The first-order valence-corrected chi connectivity index (χ1v) is 5.64. The molecule has 0 aliphatic heterocycles. The number of aryl methyl sites for hydroxylation is 1. The maximum Gasteiger partial charge on any atom is 0.309 e. The number of aliphatic carboxylic acids is 1. The van der Waals surface area contributed by atoms with Crippen LogP contribution in [-0.4, -0.2) is 11.1 Å². The Morgan fingerprint density at radius 3 is 2.71 bits per heavy atom. The molecule has 0 spiro atoms. The molecule has 1 rings (SSSR count). The van der Waals surface area contributed by atoms with Crippen molar-refractivity contribution < 1.29 is 9.90 Å². The molecule has 0 radical (unpaired) electrons. The average molecular weight is 212 g/mol. The van der Waals surface area contributed by atoms with Crippen molar-refractivity contribution in [3.8, 4) is 0 Å². The summed E-state index contributed by atoms with van der Waals surface area (Å²) in [6.45, 7) is 5.64. The normalized spacial score (nSPS) is 11.6. The number of thiophene rings is 1. The molecule has 0 saturated carbocycles. The quantitative estimate of drug-likeness (QED) is 0.833. The van der Waals surface area contributed by atoms with Gasteiger partial charge in [0.2, 0.25) is 0 Å². The van der Waals surface area contributed by atoms with Crippen molar-refractivity contribution in [1.82, 2.24) is 0 Å². The van der Waals surface area contributed by atoms with Gasteiger partial charge in [0.25, 0.3) is 0 Å². The second-order valence-electron chi connectivity index (χ2n) is 4.09. The van der Waals surface area contributed by atoms with Gasteiger partial charge in [-0.25, -0.2) is 0 Å². The van der Waals surface area contributed by atoms with Crippen molar-refractivity contribution >= 4 is 17.3 Å². The van der Waals surface area contributed by atoms with E-state index in [4.69, 9.17) is 5.11 Å². The number of carbonyl (C=O) groups is 1. The minimum absolute atomic E-state index is 0.628. The Kier molecular flexibility index (Phi) is 3.32. The standard InChI is InChI=1S/C11H16O2S/c1-4-8-5-6-14-9(8)7-11(2,3)10(12)13/h5-6H,4,7H2,1-3H3,(H,12,13). The van der Waals surface area contributed by atoms with Crippen LogP contribution < -0.4 is 0 Å². The third-order valence-corrected chi connectivity index (χ3v) is 3.36. The number of carboxylic acid groups (broad SMARTS) is 1. The molecule has 78 valence electrons. The van der Waals surface area contributed by atoms with Crippen molar-refractivity contribution in [2.45, 2.75) is 33.6 Å². The fraction of sp³-hybridized carbons (Fsp3) is 0.545. The minimum atomic E-state index is -0.729. The molecule has 3 heteroatoms. The van der Waals surface area contributed by atoms with Crippen LogP contribution in [0.1, 0.15) is 31.2 Å². The van der Waals surface area contributed by atoms with Crippen LogP contribution in [0.25, 0.3) is 0 Å². The van der Waals surface area contributed by atoms with E-state index >= 15 is 0 Å². The summed E-state index contributed by atoms with van der Waals surface area (Å²) in [5, 5.41) is 11.0. The first kappa shape index (κ1) is 11.2. The minimum Gasteiger partial charge on any atom is -0.481 e. The van der Waals surface area contributed by atoms with Crippen LogP contribution >= 0.6 is 11.3 Å². The predicted octanol–water partition coefficient (Wildman–Crippen LogP) is 2.96. The Bertz CT molecular complexity index is 326. The monoisotopic (exact) mass is 212 g/mol. The number of hydrogen-bond donors (Lipinski definition) is 1. The van der Waals surface area contributed by atoms with Gasteiger partial charge in [0.05, 0.1) is 5.41 Å². The molecule has 0 atom stereocenters. The van der Waals surface area contributed by atoms with E-state index in [-0.39, 0.29) is 0 Å². The molecule has 0 saturated heterocycles. The lowest BCUT2D eigenvalue weighted by Gasteiger charge is -2.18. The van der Waals surface area contributed by atoms with Crippen molar-refractivity contribution in [1.29, 1.82) is 0 Å². The van der Waals surface area contributed by atoms with Gasteiger partial charge in [-0.1, -0.05) is 6.92 Å². The van der Waals surface area contributed by atoms with Crippen LogP contribution in [0, 0.1) is 5.41 Å². The lowest BCUT2D eigenvalue weighted by atomic mass is 9.88. The molecule has 0 bridgehead atoms. The molecule has 2 nitrogen and oxygen atoms in total. The van der Waals surface area contributed by atoms with Gasteiger partial charge in [0.1, 0.15) is 0 Å². The summed E-state index contributed by atoms with van der Waals surface area (Å²) in [4.78, 5) is 12.2. The summed E-state index contributed by atoms with van der Waals surface area (Å²) in [7, 11) is 0. The van der Waals surface area contributed by atoms with E-state index in [0.29, 0.717) is 6.42 Å². The Morgan fingerprint density at radius 1 is 1.57 bits per heavy atom. The molecule has 0 unspecified atom stereocenters. The first-order valence-electron chi connectivity index (χ1n) is 4.76. The second-order valence-corrected chi connectivity index (χ2v) is 5.09. The van der Waals surface area contributed by atoms with E-state index in [1.807, 2.05) is 5.38 Å². The van der Waals surface area contributed by atoms with Crippen molar-refractivity contribution in [2.24, 2.45) is 5.41 Å². The lowest BCUT2D eigenvalue weighted by molar-refractivity contribution is -0.146. The lowest BCUT2D eigenvalue weighted by Crippen LogP contribution is -2.26. The molecule has 0 amide bonds. The molecular formula is C11H16O2S. The fourth-order valence-electron chi connectivity index (χ4n) is 1.31. The molecule has 1 N–H and O–H groups in total. The Labute approximate surface area is 88.6 Å². The van der Waals surface area contributed by atoms with Crippen LogP contribution in [0.3, 0.4) is 0 Å². The summed E-state index contributed by atoms with van der Waals surface area (Å²) in [6.07, 6.45) is 1.61. The molecule has 0 aliphatic carbocycles. The van der Waals surface area contributed by atoms with Crippen LogP contribution in [-0.2, 0) is 17.6 Å². The summed E-state index contributed by atoms with van der Waals surface area (Å²) in [5.41, 5.74) is 0.624. The van der Waals surface area contributed by atoms with Crippen LogP contribution in [0.4, 0.5) is 0 Å². The van der Waals surface area contributed by atoms with E-state index in [2.05, 4.69) is 13.0 Å². The van der Waals surface area contributed by atoms with Crippen molar-refractivity contribution in [3.63, 3.8) is 0 Å². The summed E-state index contributed by atoms with van der Waals surface area (Å²) in [5.74, 6) is -0.729.